The second-order valence-electron chi connectivity index (χ2n) is 23.8. The molecule has 2 heterocycles. The normalized spacial score (nSPS) is 35.9. The lowest BCUT2D eigenvalue weighted by Crippen LogP contribution is -2.65. The lowest BCUT2D eigenvalue weighted by molar-refractivity contribution is -0.198. The monoisotopic (exact) mass is 942 g/mol. The van der Waals surface area contributed by atoms with Crippen molar-refractivity contribution < 1.29 is 23.9 Å². The van der Waals surface area contributed by atoms with Crippen molar-refractivity contribution in [3.05, 3.63) is 90.9 Å². The average Bonchev–Trinajstić information content (AvgIpc) is 4.13. The predicted octanol–water partition coefficient (Wildman–Crippen LogP) is 10.9. The number of carbonyl (C=O) groups excluding carboxylic acids is 3. The van der Waals surface area contributed by atoms with E-state index in [4.69, 9.17) is 20.2 Å². The number of amides is 1. The molecule has 0 spiro atoms. The number of nitrogens with one attached hydrogen (secondary N) is 1. The molecule has 1 aliphatic heterocycles. The minimum Gasteiger partial charge on any atom is -0.461 e. The van der Waals surface area contributed by atoms with Gasteiger partial charge in [-0.05, 0) is 169 Å². The Hall–Kier alpha value is -4.28. The van der Waals surface area contributed by atoms with Crippen molar-refractivity contribution in [2.24, 2.45) is 69.3 Å². The van der Waals surface area contributed by atoms with Gasteiger partial charge in [-0.15, -0.1) is 6.58 Å². The topological polar surface area (TPSA) is 129 Å². The molecule has 0 bridgehead atoms. The van der Waals surface area contributed by atoms with Gasteiger partial charge in [-0.2, -0.15) is 0 Å². The van der Waals surface area contributed by atoms with E-state index in [0.29, 0.717) is 36.0 Å². The van der Waals surface area contributed by atoms with Crippen molar-refractivity contribution in [3.8, 4) is 11.3 Å². The average molecular weight is 942 g/mol. The fourth-order valence-corrected chi connectivity index (χ4v) is 16.1. The fraction of sp³-hybridized carbons (Fsp3) is 0.661. The van der Waals surface area contributed by atoms with Gasteiger partial charge < -0.3 is 30.0 Å². The molecule has 10 rings (SSSR count). The number of benzene rings is 2. The van der Waals surface area contributed by atoms with Gasteiger partial charge in [-0.25, -0.2) is 4.98 Å². The molecule has 10 heteroatoms. The highest BCUT2D eigenvalue weighted by Crippen LogP contribution is 2.71. The van der Waals surface area contributed by atoms with Gasteiger partial charge in [0.25, 0.3) is 0 Å². The largest absolute Gasteiger partial charge is 0.461 e. The van der Waals surface area contributed by atoms with Gasteiger partial charge in [-0.1, -0.05) is 93.9 Å². The van der Waals surface area contributed by atoms with E-state index in [1.807, 2.05) is 50.2 Å². The third-order valence-electron chi connectivity index (χ3n) is 19.7. The summed E-state index contributed by atoms with van der Waals surface area (Å²) in [5, 5.41) is 3.69. The number of nitrogens with zero attached hydrogens (tertiary/aromatic N) is 3. The Balaban J connectivity index is 0.00000193. The summed E-state index contributed by atoms with van der Waals surface area (Å²) in [5.74, 6) is 2.48. The lowest BCUT2D eigenvalue weighted by Gasteiger charge is -2.67. The van der Waals surface area contributed by atoms with Gasteiger partial charge in [0, 0.05) is 30.9 Å². The number of rotatable bonds is 12. The molecule has 1 saturated heterocycles. The molecule has 1 aromatic heterocycles. The molecule has 7 aliphatic rings. The van der Waals surface area contributed by atoms with E-state index < -0.39 is 5.54 Å². The molecular weight excluding hydrogens is 859 g/mol. The highest BCUT2D eigenvalue weighted by Gasteiger charge is 2.66. The summed E-state index contributed by atoms with van der Waals surface area (Å²) < 4.78 is 14.3. The predicted molar refractivity (Wildman–Crippen MR) is 272 cm³/mol. The van der Waals surface area contributed by atoms with Gasteiger partial charge >= 0.3 is 11.9 Å². The van der Waals surface area contributed by atoms with Crippen LogP contribution in [0.25, 0.3) is 11.3 Å². The third-order valence-corrected chi connectivity index (χ3v) is 19.7. The summed E-state index contributed by atoms with van der Waals surface area (Å²) in [6.07, 6.45) is 18.4. The Morgan fingerprint density at radius 1 is 0.826 bits per heavy atom. The SMILES string of the molecule is C=CC.CC1C(C(=O)OCc2ccccc2)CC1C(=O)OC1CCC2(C)C(CCC3(C)C4CCC5(C(=O)NC(C)(C)c6nc(-c7ccccc7)cn6CCN6CCCC6)CCCC5C4CCC23)C1N. The standard InChI is InChI=1S/C56H77N5O5.C3H6/c1-36-40(49(62)65-35-37-15-8-6-9-16-37)33-41(36)50(63)66-46-24-27-55(5)44(48(46)57)22-26-54(4)42-23-28-56(25-14-19-43(56)39(42)20-21-47(54)55)52(64)59-53(2,3)51-58-45(38-17-10-7-11-18-38)34-61(51)32-31-60-29-12-13-30-60;1-3-2/h6-11,15-18,34,36,39-44,46-48H,12-14,19-33,35,57H2,1-5H3,(H,59,64);3H,1H2,2H3. The number of aromatic nitrogens is 2. The minimum atomic E-state index is -0.633. The number of allylic oxidation sites excluding steroid dienone is 1. The van der Waals surface area contributed by atoms with E-state index in [1.165, 1.54) is 25.7 Å². The summed E-state index contributed by atoms with van der Waals surface area (Å²) in [5.41, 5.74) is 9.56. The molecule has 6 aliphatic carbocycles. The molecule has 0 radical (unpaired) electrons. The highest BCUT2D eigenvalue weighted by molar-refractivity contribution is 5.84. The van der Waals surface area contributed by atoms with Crippen molar-refractivity contribution in [1.29, 1.82) is 0 Å². The minimum absolute atomic E-state index is 0.0819. The summed E-state index contributed by atoms with van der Waals surface area (Å²) in [6.45, 7) is 21.1. The van der Waals surface area contributed by atoms with Crippen LogP contribution in [0, 0.1) is 63.6 Å². The van der Waals surface area contributed by atoms with Crippen LogP contribution >= 0.6 is 0 Å². The molecule has 13 atom stereocenters. The lowest BCUT2D eigenvalue weighted by atomic mass is 9.38. The number of esters is 2. The van der Waals surface area contributed by atoms with E-state index in [1.54, 1.807) is 6.08 Å². The summed E-state index contributed by atoms with van der Waals surface area (Å²) in [4.78, 5) is 49.6. The van der Waals surface area contributed by atoms with E-state index in [0.717, 1.165) is 107 Å². The molecule has 7 fully saturated rings. The summed E-state index contributed by atoms with van der Waals surface area (Å²) in [6, 6.07) is 20.0. The molecule has 69 heavy (non-hydrogen) atoms. The Morgan fingerprint density at radius 3 is 2.19 bits per heavy atom. The number of likely N-dealkylation sites (tertiary alicyclic amines) is 1. The van der Waals surface area contributed by atoms with Crippen LogP contribution in [0.1, 0.15) is 143 Å². The highest BCUT2D eigenvalue weighted by atomic mass is 16.5. The second kappa shape index (κ2) is 20.1. The van der Waals surface area contributed by atoms with Gasteiger partial charge in [-0.3, -0.25) is 14.4 Å². The molecule has 10 nitrogen and oxygen atoms in total. The maximum Gasteiger partial charge on any atom is 0.309 e. The van der Waals surface area contributed by atoms with Crippen LogP contribution < -0.4 is 11.1 Å². The molecular formula is C59H83N5O5. The first-order chi connectivity index (χ1) is 33.1. The molecule has 374 valence electrons. The first-order valence-electron chi connectivity index (χ1n) is 27.0. The molecule has 6 saturated carbocycles. The fourth-order valence-electron chi connectivity index (χ4n) is 16.1. The van der Waals surface area contributed by atoms with Crippen LogP contribution in [0.3, 0.4) is 0 Å². The molecule has 1 amide bonds. The number of carbonyl (C=O) groups is 3. The zero-order chi connectivity index (χ0) is 48.7. The first-order valence-corrected chi connectivity index (χ1v) is 27.0. The number of nitrogens with two attached hydrogens (primary N) is 1. The maximum absolute atomic E-state index is 15.1. The van der Waals surface area contributed by atoms with E-state index in [9.17, 15) is 9.59 Å². The third kappa shape index (κ3) is 9.28. The zero-order valence-electron chi connectivity index (χ0n) is 42.8. The van der Waals surface area contributed by atoms with Gasteiger partial charge in [0.15, 0.2) is 0 Å². The van der Waals surface area contributed by atoms with Crippen LogP contribution in [0.15, 0.2) is 79.5 Å². The van der Waals surface area contributed by atoms with E-state index >= 15 is 4.79 Å². The smallest absolute Gasteiger partial charge is 0.309 e. The van der Waals surface area contributed by atoms with Crippen molar-refractivity contribution >= 4 is 17.8 Å². The number of ether oxygens (including phenoxy) is 2. The number of hydrogen-bond acceptors (Lipinski definition) is 8. The number of fused-ring (bicyclic) bond motifs is 7. The maximum atomic E-state index is 15.1. The van der Waals surface area contributed by atoms with Crippen LogP contribution in [-0.2, 0) is 42.5 Å². The first kappa shape index (κ1) is 49.7. The Morgan fingerprint density at radius 2 is 1.48 bits per heavy atom. The van der Waals surface area contributed by atoms with Crippen LogP contribution in [0.4, 0.5) is 0 Å². The Labute approximate surface area is 413 Å². The van der Waals surface area contributed by atoms with Crippen LogP contribution in [0.2, 0.25) is 0 Å². The summed E-state index contributed by atoms with van der Waals surface area (Å²) in [7, 11) is 0. The quantitative estimate of drug-likeness (QED) is 0.136. The van der Waals surface area contributed by atoms with Crippen LogP contribution in [-0.4, -0.2) is 64.1 Å². The van der Waals surface area contributed by atoms with Gasteiger partial charge in [0.2, 0.25) is 5.91 Å². The molecule has 2 aromatic carbocycles. The van der Waals surface area contributed by atoms with E-state index in [-0.39, 0.29) is 70.6 Å². The second-order valence-corrected chi connectivity index (χ2v) is 23.8. The molecule has 3 aromatic rings. The zero-order valence-corrected chi connectivity index (χ0v) is 42.8. The summed E-state index contributed by atoms with van der Waals surface area (Å²) >= 11 is 0. The van der Waals surface area contributed by atoms with Crippen molar-refractivity contribution in [3.63, 3.8) is 0 Å². The van der Waals surface area contributed by atoms with Crippen molar-refractivity contribution in [2.45, 2.75) is 162 Å². The Kier molecular flexibility index (Phi) is 14.5. The Bertz CT molecular complexity index is 2290. The van der Waals surface area contributed by atoms with Crippen LogP contribution in [0.5, 0.6) is 0 Å². The van der Waals surface area contributed by atoms with Crippen molar-refractivity contribution in [1.82, 2.24) is 19.8 Å². The number of hydrogen-bond donors (Lipinski definition) is 2. The molecule has 3 N–H and O–H groups in total. The van der Waals surface area contributed by atoms with Gasteiger partial charge in [0.05, 0.1) is 28.5 Å². The number of imidazole rings is 1. The van der Waals surface area contributed by atoms with Crippen molar-refractivity contribution in [2.75, 3.05) is 19.6 Å². The van der Waals surface area contributed by atoms with E-state index in [2.05, 4.69) is 79.5 Å². The molecule has 13 unspecified atom stereocenters. The van der Waals surface area contributed by atoms with Gasteiger partial charge in [0.1, 0.15) is 18.5 Å².